The molecule has 1 aliphatic rings. The molecule has 0 bridgehead atoms. The molecule has 1 N–H and O–H groups in total. The molecule has 0 radical (unpaired) electrons. The molecule has 0 spiro atoms. The molecule has 4 nitrogen and oxygen atoms in total. The van der Waals surface area contributed by atoms with E-state index >= 15 is 0 Å². The van der Waals surface area contributed by atoms with E-state index in [1.807, 2.05) is 13.2 Å². The molecular formula is C11H17N3O. The van der Waals surface area contributed by atoms with E-state index < -0.39 is 0 Å². The number of anilines is 1. The Bertz CT molecular complexity index is 310. The number of rotatable bonds is 3. The van der Waals surface area contributed by atoms with Gasteiger partial charge in [-0.05, 0) is 17.7 Å². The molecule has 1 aromatic heterocycles. The van der Waals surface area contributed by atoms with Crippen molar-refractivity contribution in [2.24, 2.45) is 0 Å². The standard InChI is InChI=1S/C11H17N3O/c1-12-11-8-10(2-3-13-11)9-14-4-6-15-7-5-14/h2-3,8H,4-7,9H2,1H3,(H,12,13). The third-order valence-electron chi connectivity index (χ3n) is 2.59. The van der Waals surface area contributed by atoms with Gasteiger partial charge < -0.3 is 10.1 Å². The molecule has 0 atom stereocenters. The maximum absolute atomic E-state index is 5.32. The summed E-state index contributed by atoms with van der Waals surface area (Å²) < 4.78 is 5.32. The Morgan fingerprint density at radius 1 is 1.47 bits per heavy atom. The zero-order valence-corrected chi connectivity index (χ0v) is 9.07. The Labute approximate surface area is 90.3 Å². The second-order valence-corrected chi connectivity index (χ2v) is 3.69. The molecule has 0 amide bonds. The molecule has 2 rings (SSSR count). The van der Waals surface area contributed by atoms with Crippen molar-refractivity contribution >= 4 is 5.82 Å². The fourth-order valence-electron chi connectivity index (χ4n) is 1.73. The van der Waals surface area contributed by atoms with Gasteiger partial charge in [0, 0.05) is 32.9 Å². The summed E-state index contributed by atoms with van der Waals surface area (Å²) in [5.74, 6) is 0.931. The molecule has 0 aromatic carbocycles. The van der Waals surface area contributed by atoms with E-state index in [2.05, 4.69) is 27.3 Å². The van der Waals surface area contributed by atoms with Crippen LogP contribution in [0.15, 0.2) is 18.3 Å². The van der Waals surface area contributed by atoms with Crippen molar-refractivity contribution in [3.05, 3.63) is 23.9 Å². The van der Waals surface area contributed by atoms with Crippen LogP contribution in [-0.4, -0.2) is 43.2 Å². The number of aromatic nitrogens is 1. The van der Waals surface area contributed by atoms with E-state index in [0.717, 1.165) is 38.7 Å². The van der Waals surface area contributed by atoms with E-state index in [1.165, 1.54) is 5.56 Å². The Hall–Kier alpha value is -1.13. The highest BCUT2D eigenvalue weighted by atomic mass is 16.5. The van der Waals surface area contributed by atoms with Crippen molar-refractivity contribution in [3.63, 3.8) is 0 Å². The van der Waals surface area contributed by atoms with Crippen molar-refractivity contribution < 1.29 is 4.74 Å². The molecule has 1 fully saturated rings. The number of ether oxygens (including phenoxy) is 1. The monoisotopic (exact) mass is 207 g/mol. The average Bonchev–Trinajstić information content (AvgIpc) is 2.31. The van der Waals surface area contributed by atoms with Gasteiger partial charge in [0.1, 0.15) is 5.82 Å². The SMILES string of the molecule is CNc1cc(CN2CCOCC2)ccn1. The van der Waals surface area contributed by atoms with Gasteiger partial charge in [-0.25, -0.2) is 4.98 Å². The second kappa shape index (κ2) is 5.09. The lowest BCUT2D eigenvalue weighted by atomic mass is 10.2. The number of pyridine rings is 1. The van der Waals surface area contributed by atoms with E-state index in [1.54, 1.807) is 0 Å². The summed E-state index contributed by atoms with van der Waals surface area (Å²) in [7, 11) is 1.89. The molecule has 1 aromatic rings. The van der Waals surface area contributed by atoms with Gasteiger partial charge in [0.05, 0.1) is 13.2 Å². The topological polar surface area (TPSA) is 37.4 Å². The minimum absolute atomic E-state index is 0.851. The summed E-state index contributed by atoms with van der Waals surface area (Å²) in [6.07, 6.45) is 1.85. The molecule has 1 saturated heterocycles. The van der Waals surface area contributed by atoms with E-state index in [4.69, 9.17) is 4.74 Å². The van der Waals surface area contributed by atoms with Crippen molar-refractivity contribution in [2.45, 2.75) is 6.54 Å². The first-order valence-corrected chi connectivity index (χ1v) is 5.31. The summed E-state index contributed by atoms with van der Waals surface area (Å²) in [5.41, 5.74) is 1.30. The first kappa shape index (κ1) is 10.4. The van der Waals surface area contributed by atoms with Crippen LogP contribution in [-0.2, 0) is 11.3 Å². The highest BCUT2D eigenvalue weighted by Gasteiger charge is 2.10. The Morgan fingerprint density at radius 2 is 2.27 bits per heavy atom. The van der Waals surface area contributed by atoms with Crippen LogP contribution < -0.4 is 5.32 Å². The van der Waals surface area contributed by atoms with Crippen molar-refractivity contribution in [3.8, 4) is 0 Å². The minimum atomic E-state index is 0.851. The Kier molecular flexibility index (Phi) is 3.53. The number of nitrogens with one attached hydrogen (secondary N) is 1. The van der Waals surface area contributed by atoms with Crippen LogP contribution in [0.1, 0.15) is 5.56 Å². The summed E-state index contributed by atoms with van der Waals surface area (Å²) in [6.45, 7) is 4.74. The fourth-order valence-corrected chi connectivity index (χ4v) is 1.73. The Morgan fingerprint density at radius 3 is 3.00 bits per heavy atom. The lowest BCUT2D eigenvalue weighted by Gasteiger charge is -2.26. The molecule has 0 unspecified atom stereocenters. The highest BCUT2D eigenvalue weighted by Crippen LogP contribution is 2.10. The Balaban J connectivity index is 1.96. The molecule has 4 heteroatoms. The number of hydrogen-bond donors (Lipinski definition) is 1. The third kappa shape index (κ3) is 2.91. The van der Waals surface area contributed by atoms with Gasteiger partial charge in [0.15, 0.2) is 0 Å². The number of morpholine rings is 1. The van der Waals surface area contributed by atoms with Crippen molar-refractivity contribution in [1.29, 1.82) is 0 Å². The van der Waals surface area contributed by atoms with E-state index in [0.29, 0.717) is 0 Å². The van der Waals surface area contributed by atoms with Crippen molar-refractivity contribution in [1.82, 2.24) is 9.88 Å². The lowest BCUT2D eigenvalue weighted by molar-refractivity contribution is 0.0342. The van der Waals surface area contributed by atoms with Crippen LogP contribution in [0.3, 0.4) is 0 Å². The van der Waals surface area contributed by atoms with Gasteiger partial charge in [-0.2, -0.15) is 0 Å². The first-order chi connectivity index (χ1) is 7.38. The predicted molar refractivity (Wildman–Crippen MR) is 59.9 cm³/mol. The minimum Gasteiger partial charge on any atom is -0.379 e. The summed E-state index contributed by atoms with van der Waals surface area (Å²) in [4.78, 5) is 6.60. The van der Waals surface area contributed by atoms with Crippen LogP contribution in [0.25, 0.3) is 0 Å². The van der Waals surface area contributed by atoms with Gasteiger partial charge in [-0.3, -0.25) is 4.90 Å². The van der Waals surface area contributed by atoms with Gasteiger partial charge in [-0.15, -0.1) is 0 Å². The van der Waals surface area contributed by atoms with Gasteiger partial charge in [0.25, 0.3) is 0 Å². The zero-order chi connectivity index (χ0) is 10.5. The molecule has 82 valence electrons. The molecule has 2 heterocycles. The second-order valence-electron chi connectivity index (χ2n) is 3.69. The van der Waals surface area contributed by atoms with Crippen LogP contribution >= 0.6 is 0 Å². The lowest BCUT2D eigenvalue weighted by Crippen LogP contribution is -2.35. The summed E-state index contributed by atoms with van der Waals surface area (Å²) in [5, 5.41) is 3.05. The fraction of sp³-hybridized carbons (Fsp3) is 0.545. The molecule has 15 heavy (non-hydrogen) atoms. The molecule has 0 saturated carbocycles. The largest absolute Gasteiger partial charge is 0.379 e. The number of nitrogens with zero attached hydrogens (tertiary/aromatic N) is 2. The van der Waals surface area contributed by atoms with E-state index in [-0.39, 0.29) is 0 Å². The highest BCUT2D eigenvalue weighted by molar-refractivity contribution is 5.36. The third-order valence-corrected chi connectivity index (χ3v) is 2.59. The smallest absolute Gasteiger partial charge is 0.125 e. The summed E-state index contributed by atoms with van der Waals surface area (Å²) in [6, 6.07) is 4.16. The quantitative estimate of drug-likeness (QED) is 0.801. The first-order valence-electron chi connectivity index (χ1n) is 5.31. The normalized spacial score (nSPS) is 17.7. The molecular weight excluding hydrogens is 190 g/mol. The average molecular weight is 207 g/mol. The van der Waals surface area contributed by atoms with E-state index in [9.17, 15) is 0 Å². The maximum Gasteiger partial charge on any atom is 0.125 e. The van der Waals surface area contributed by atoms with Crippen molar-refractivity contribution in [2.75, 3.05) is 38.7 Å². The van der Waals surface area contributed by atoms with Crippen LogP contribution in [0, 0.1) is 0 Å². The van der Waals surface area contributed by atoms with Crippen LogP contribution in [0.4, 0.5) is 5.82 Å². The zero-order valence-electron chi connectivity index (χ0n) is 9.07. The van der Waals surface area contributed by atoms with Gasteiger partial charge >= 0.3 is 0 Å². The number of hydrogen-bond acceptors (Lipinski definition) is 4. The molecule has 0 aliphatic carbocycles. The van der Waals surface area contributed by atoms with Gasteiger partial charge in [0.2, 0.25) is 0 Å². The molecule has 1 aliphatic heterocycles. The predicted octanol–water partition coefficient (Wildman–Crippen LogP) is 0.955. The summed E-state index contributed by atoms with van der Waals surface area (Å²) >= 11 is 0. The van der Waals surface area contributed by atoms with Crippen LogP contribution in [0.2, 0.25) is 0 Å². The van der Waals surface area contributed by atoms with Crippen LogP contribution in [0.5, 0.6) is 0 Å². The van der Waals surface area contributed by atoms with Gasteiger partial charge in [-0.1, -0.05) is 0 Å². The maximum atomic E-state index is 5.32.